The molecule has 1 spiro atoms. The molecule has 3 heteroatoms. The molecule has 0 bridgehead atoms. The van der Waals surface area contributed by atoms with Crippen LogP contribution in [0.25, 0.3) is 0 Å². The van der Waals surface area contributed by atoms with Gasteiger partial charge in [0.15, 0.2) is 0 Å². The zero-order valence-electron chi connectivity index (χ0n) is 7.88. The highest BCUT2D eigenvalue weighted by Crippen LogP contribution is 2.46. The lowest BCUT2D eigenvalue weighted by Gasteiger charge is -2.20. The largest absolute Gasteiger partial charge is 0.396 e. The van der Waals surface area contributed by atoms with Crippen LogP contribution in [0.1, 0.15) is 32.1 Å². The van der Waals surface area contributed by atoms with Gasteiger partial charge in [0.1, 0.15) is 0 Å². The number of rotatable bonds is 2. The summed E-state index contributed by atoms with van der Waals surface area (Å²) in [5.74, 6) is 0.863. The van der Waals surface area contributed by atoms with Gasteiger partial charge in [-0.15, -0.1) is 0 Å². The molecule has 13 heavy (non-hydrogen) atoms. The molecule has 3 nitrogen and oxygen atoms in total. The van der Waals surface area contributed by atoms with E-state index in [4.69, 9.17) is 5.11 Å². The van der Waals surface area contributed by atoms with Gasteiger partial charge in [-0.3, -0.25) is 4.79 Å². The smallest absolute Gasteiger partial charge is 0.220 e. The van der Waals surface area contributed by atoms with Gasteiger partial charge in [-0.05, 0) is 37.0 Å². The second-order valence-electron chi connectivity index (χ2n) is 4.57. The van der Waals surface area contributed by atoms with Gasteiger partial charge in [0.25, 0.3) is 0 Å². The van der Waals surface area contributed by atoms with Gasteiger partial charge in [-0.2, -0.15) is 0 Å². The van der Waals surface area contributed by atoms with Crippen LogP contribution in [-0.2, 0) is 4.79 Å². The van der Waals surface area contributed by atoms with E-state index in [2.05, 4.69) is 5.32 Å². The highest BCUT2D eigenvalue weighted by molar-refractivity contribution is 5.79. The summed E-state index contributed by atoms with van der Waals surface area (Å²) in [5, 5.41) is 11.7. The number of nitrogens with one attached hydrogen (secondary N) is 1. The number of aliphatic hydroxyl groups is 1. The summed E-state index contributed by atoms with van der Waals surface area (Å²) in [6.45, 7) is 1.16. The van der Waals surface area contributed by atoms with Gasteiger partial charge >= 0.3 is 0 Å². The number of aliphatic hydroxyl groups excluding tert-OH is 1. The van der Waals surface area contributed by atoms with Gasteiger partial charge in [0.2, 0.25) is 5.91 Å². The Morgan fingerprint density at radius 3 is 3.08 bits per heavy atom. The van der Waals surface area contributed by atoms with Crippen LogP contribution in [0.2, 0.25) is 0 Å². The third-order valence-corrected chi connectivity index (χ3v) is 3.54. The van der Waals surface area contributed by atoms with E-state index in [9.17, 15) is 4.79 Å². The molecule has 2 rings (SSSR count). The average molecular weight is 183 g/mol. The Morgan fingerprint density at radius 2 is 2.46 bits per heavy atom. The lowest BCUT2D eigenvalue weighted by Crippen LogP contribution is -2.20. The maximum atomic E-state index is 11.1. The van der Waals surface area contributed by atoms with Crippen LogP contribution in [0.3, 0.4) is 0 Å². The van der Waals surface area contributed by atoms with Crippen LogP contribution >= 0.6 is 0 Å². The SMILES string of the molecule is O=C1CC2(CCC(CCO)C2)CN1. The summed E-state index contributed by atoms with van der Waals surface area (Å²) < 4.78 is 0. The monoisotopic (exact) mass is 183 g/mol. The molecule has 2 aliphatic rings. The van der Waals surface area contributed by atoms with Gasteiger partial charge < -0.3 is 10.4 Å². The fourth-order valence-electron chi connectivity index (χ4n) is 2.83. The van der Waals surface area contributed by atoms with E-state index >= 15 is 0 Å². The topological polar surface area (TPSA) is 49.3 Å². The zero-order chi connectivity index (χ0) is 9.31. The predicted octanol–water partition coefficient (Wildman–Crippen LogP) is 0.675. The maximum absolute atomic E-state index is 11.1. The Kier molecular flexibility index (Phi) is 2.28. The minimum Gasteiger partial charge on any atom is -0.396 e. The quantitative estimate of drug-likeness (QED) is 0.661. The zero-order valence-corrected chi connectivity index (χ0v) is 7.88. The van der Waals surface area contributed by atoms with E-state index < -0.39 is 0 Å². The van der Waals surface area contributed by atoms with Gasteiger partial charge in [-0.1, -0.05) is 0 Å². The molecule has 1 heterocycles. The molecule has 2 N–H and O–H groups in total. The molecule has 2 fully saturated rings. The van der Waals surface area contributed by atoms with Crippen molar-refractivity contribution in [1.82, 2.24) is 5.32 Å². The van der Waals surface area contributed by atoms with Gasteiger partial charge in [0.05, 0.1) is 0 Å². The van der Waals surface area contributed by atoms with Crippen molar-refractivity contribution in [3.8, 4) is 0 Å². The molecule has 0 aromatic heterocycles. The molecule has 1 amide bonds. The predicted molar refractivity (Wildman–Crippen MR) is 49.1 cm³/mol. The van der Waals surface area contributed by atoms with Crippen molar-refractivity contribution in [2.45, 2.75) is 32.1 Å². The summed E-state index contributed by atoms with van der Waals surface area (Å²) in [4.78, 5) is 11.1. The summed E-state index contributed by atoms with van der Waals surface area (Å²) >= 11 is 0. The van der Waals surface area contributed by atoms with Crippen molar-refractivity contribution in [2.75, 3.05) is 13.2 Å². The lowest BCUT2D eigenvalue weighted by atomic mass is 9.84. The number of hydrogen-bond donors (Lipinski definition) is 2. The molecule has 1 saturated heterocycles. The Hall–Kier alpha value is -0.570. The van der Waals surface area contributed by atoms with E-state index in [1.807, 2.05) is 0 Å². The molecule has 0 aromatic rings. The van der Waals surface area contributed by atoms with Crippen molar-refractivity contribution in [3.63, 3.8) is 0 Å². The van der Waals surface area contributed by atoms with Gasteiger partial charge in [-0.25, -0.2) is 0 Å². The van der Waals surface area contributed by atoms with Crippen molar-refractivity contribution in [1.29, 1.82) is 0 Å². The first kappa shape index (κ1) is 9.00. The fourth-order valence-corrected chi connectivity index (χ4v) is 2.83. The Morgan fingerprint density at radius 1 is 1.62 bits per heavy atom. The minimum absolute atomic E-state index is 0.213. The lowest BCUT2D eigenvalue weighted by molar-refractivity contribution is -0.119. The molecule has 0 radical (unpaired) electrons. The van der Waals surface area contributed by atoms with Crippen LogP contribution in [0.4, 0.5) is 0 Å². The van der Waals surface area contributed by atoms with Crippen molar-refractivity contribution >= 4 is 5.91 Å². The summed E-state index contributed by atoms with van der Waals surface area (Å²) in [5.41, 5.74) is 0.261. The van der Waals surface area contributed by atoms with E-state index in [-0.39, 0.29) is 11.3 Å². The molecular weight excluding hydrogens is 166 g/mol. The van der Waals surface area contributed by atoms with E-state index in [0.717, 1.165) is 32.2 Å². The van der Waals surface area contributed by atoms with Crippen molar-refractivity contribution < 1.29 is 9.90 Å². The van der Waals surface area contributed by atoms with Crippen molar-refractivity contribution in [2.24, 2.45) is 11.3 Å². The summed E-state index contributed by atoms with van der Waals surface area (Å²) in [6, 6.07) is 0. The Bertz CT molecular complexity index is 217. The Balaban J connectivity index is 1.93. The average Bonchev–Trinajstić information content (AvgIpc) is 2.62. The van der Waals surface area contributed by atoms with Crippen LogP contribution in [0.5, 0.6) is 0 Å². The number of amides is 1. The fraction of sp³-hybridized carbons (Fsp3) is 0.900. The molecule has 2 atom stereocenters. The van der Waals surface area contributed by atoms with E-state index in [0.29, 0.717) is 12.5 Å². The molecule has 1 saturated carbocycles. The van der Waals surface area contributed by atoms with Crippen LogP contribution < -0.4 is 5.32 Å². The third kappa shape index (κ3) is 1.70. The molecule has 1 aliphatic heterocycles. The van der Waals surface area contributed by atoms with E-state index in [1.54, 1.807) is 0 Å². The van der Waals surface area contributed by atoms with Gasteiger partial charge in [0, 0.05) is 19.6 Å². The normalized spacial score (nSPS) is 38.5. The first-order chi connectivity index (χ1) is 6.24. The number of carbonyl (C=O) groups excluding carboxylic acids is 1. The molecule has 74 valence electrons. The molecule has 2 unspecified atom stereocenters. The second-order valence-corrected chi connectivity index (χ2v) is 4.57. The van der Waals surface area contributed by atoms with Crippen LogP contribution in [0.15, 0.2) is 0 Å². The standard InChI is InChI=1S/C10H17NO2/c12-4-2-8-1-3-10(5-8)6-9(13)11-7-10/h8,12H,1-7H2,(H,11,13). The minimum atomic E-state index is 0.213. The van der Waals surface area contributed by atoms with Crippen molar-refractivity contribution in [3.05, 3.63) is 0 Å². The van der Waals surface area contributed by atoms with Crippen LogP contribution in [0, 0.1) is 11.3 Å². The van der Waals surface area contributed by atoms with Crippen LogP contribution in [-0.4, -0.2) is 24.2 Å². The molecular formula is C10H17NO2. The Labute approximate surface area is 78.5 Å². The first-order valence-corrected chi connectivity index (χ1v) is 5.12. The number of carbonyl (C=O) groups is 1. The highest BCUT2D eigenvalue weighted by Gasteiger charge is 2.43. The maximum Gasteiger partial charge on any atom is 0.220 e. The molecule has 1 aliphatic carbocycles. The third-order valence-electron chi connectivity index (χ3n) is 3.54. The molecule has 0 aromatic carbocycles. The summed E-state index contributed by atoms with van der Waals surface area (Å²) in [6.07, 6.45) is 5.11. The summed E-state index contributed by atoms with van der Waals surface area (Å²) in [7, 11) is 0. The second kappa shape index (κ2) is 3.29. The van der Waals surface area contributed by atoms with E-state index in [1.165, 1.54) is 6.42 Å². The number of hydrogen-bond acceptors (Lipinski definition) is 2. The highest BCUT2D eigenvalue weighted by atomic mass is 16.3. The first-order valence-electron chi connectivity index (χ1n) is 5.12.